The molecule has 1 aromatic carbocycles. The van der Waals surface area contributed by atoms with Crippen LogP contribution in [0.25, 0.3) is 11.3 Å². The highest BCUT2D eigenvalue weighted by molar-refractivity contribution is 5.76. The van der Waals surface area contributed by atoms with Crippen LogP contribution in [0.4, 0.5) is 0 Å². The monoisotopic (exact) mass is 371 g/mol. The van der Waals surface area contributed by atoms with Crippen molar-refractivity contribution < 1.29 is 14.3 Å². The molecule has 0 bridgehead atoms. The van der Waals surface area contributed by atoms with E-state index >= 15 is 0 Å². The SMILES string of the molecule is COc1ccc(-c2ccc(=O)n(CC(=O)N3CCC(C)CC3)n2)c(OC)c1. The first-order valence-corrected chi connectivity index (χ1v) is 9.10. The molecule has 1 fully saturated rings. The van der Waals surface area contributed by atoms with Crippen LogP contribution < -0.4 is 15.0 Å². The molecule has 0 aliphatic carbocycles. The van der Waals surface area contributed by atoms with Crippen LogP contribution in [0, 0.1) is 5.92 Å². The van der Waals surface area contributed by atoms with Gasteiger partial charge in [0.05, 0.1) is 19.9 Å². The predicted molar refractivity (Wildman–Crippen MR) is 102 cm³/mol. The average Bonchev–Trinajstić information content (AvgIpc) is 2.69. The summed E-state index contributed by atoms with van der Waals surface area (Å²) in [5.41, 5.74) is 0.991. The van der Waals surface area contributed by atoms with Crippen LogP contribution in [0.3, 0.4) is 0 Å². The highest BCUT2D eigenvalue weighted by atomic mass is 16.5. The Bertz CT molecular complexity index is 870. The molecule has 2 aromatic rings. The quantitative estimate of drug-likeness (QED) is 0.805. The van der Waals surface area contributed by atoms with Gasteiger partial charge in [-0.1, -0.05) is 6.92 Å². The fraction of sp³-hybridized carbons (Fsp3) is 0.450. The van der Waals surface area contributed by atoms with Gasteiger partial charge in [-0.3, -0.25) is 9.59 Å². The van der Waals surface area contributed by atoms with E-state index in [-0.39, 0.29) is 18.0 Å². The van der Waals surface area contributed by atoms with Gasteiger partial charge in [0, 0.05) is 30.8 Å². The first kappa shape index (κ1) is 18.9. The fourth-order valence-electron chi connectivity index (χ4n) is 3.20. The Labute approximate surface area is 158 Å². The molecule has 7 heteroatoms. The number of piperidine rings is 1. The summed E-state index contributed by atoms with van der Waals surface area (Å²) in [6.45, 7) is 3.61. The first-order chi connectivity index (χ1) is 13.0. The molecule has 2 heterocycles. The van der Waals surface area contributed by atoms with Gasteiger partial charge in [-0.2, -0.15) is 5.10 Å². The largest absolute Gasteiger partial charge is 0.497 e. The highest BCUT2D eigenvalue weighted by Gasteiger charge is 2.21. The number of nitrogens with zero attached hydrogens (tertiary/aromatic N) is 3. The molecule has 1 amide bonds. The molecule has 0 atom stereocenters. The van der Waals surface area contributed by atoms with E-state index in [0.29, 0.717) is 23.1 Å². The van der Waals surface area contributed by atoms with Crippen LogP contribution in [0.5, 0.6) is 11.5 Å². The second-order valence-corrected chi connectivity index (χ2v) is 6.84. The van der Waals surface area contributed by atoms with Gasteiger partial charge >= 0.3 is 0 Å². The normalized spacial score (nSPS) is 14.9. The molecule has 0 spiro atoms. The number of ether oxygens (including phenoxy) is 2. The van der Waals surface area contributed by atoms with E-state index in [1.165, 1.54) is 10.7 Å². The van der Waals surface area contributed by atoms with Gasteiger partial charge < -0.3 is 14.4 Å². The third-order valence-electron chi connectivity index (χ3n) is 4.97. The minimum absolute atomic E-state index is 0.0560. The number of carbonyl (C=O) groups excluding carboxylic acids is 1. The Kier molecular flexibility index (Phi) is 5.78. The summed E-state index contributed by atoms with van der Waals surface area (Å²) in [6.07, 6.45) is 1.99. The van der Waals surface area contributed by atoms with Crippen molar-refractivity contribution in [3.8, 4) is 22.8 Å². The summed E-state index contributed by atoms with van der Waals surface area (Å²) in [4.78, 5) is 26.6. The molecular weight excluding hydrogens is 346 g/mol. The molecule has 3 rings (SSSR count). The van der Waals surface area contributed by atoms with E-state index in [9.17, 15) is 9.59 Å². The lowest BCUT2D eigenvalue weighted by Gasteiger charge is -2.30. The lowest BCUT2D eigenvalue weighted by atomic mass is 9.99. The number of rotatable bonds is 5. The molecule has 27 heavy (non-hydrogen) atoms. The molecule has 0 radical (unpaired) electrons. The Hall–Kier alpha value is -2.83. The van der Waals surface area contributed by atoms with Gasteiger partial charge in [0.25, 0.3) is 5.56 Å². The molecule has 0 N–H and O–H groups in total. The van der Waals surface area contributed by atoms with Crippen molar-refractivity contribution in [1.82, 2.24) is 14.7 Å². The average molecular weight is 371 g/mol. The van der Waals surface area contributed by atoms with Crippen molar-refractivity contribution in [2.24, 2.45) is 5.92 Å². The number of benzene rings is 1. The molecule has 0 unspecified atom stereocenters. The maximum absolute atomic E-state index is 12.6. The third kappa shape index (κ3) is 4.30. The van der Waals surface area contributed by atoms with Crippen LogP contribution in [0.2, 0.25) is 0 Å². The van der Waals surface area contributed by atoms with Gasteiger partial charge in [0.2, 0.25) is 5.91 Å². The zero-order valence-electron chi connectivity index (χ0n) is 16.0. The molecule has 7 nitrogen and oxygen atoms in total. The summed E-state index contributed by atoms with van der Waals surface area (Å²) in [5, 5.41) is 4.39. The van der Waals surface area contributed by atoms with Crippen molar-refractivity contribution in [3.63, 3.8) is 0 Å². The number of likely N-dealkylation sites (tertiary alicyclic amines) is 1. The number of aromatic nitrogens is 2. The maximum atomic E-state index is 12.6. The van der Waals surface area contributed by atoms with Gasteiger partial charge in [-0.05, 0) is 37.0 Å². The Morgan fingerprint density at radius 1 is 1.15 bits per heavy atom. The van der Waals surface area contributed by atoms with E-state index in [0.717, 1.165) is 31.5 Å². The molecule has 1 aliphatic heterocycles. The maximum Gasteiger partial charge on any atom is 0.267 e. The summed E-state index contributed by atoms with van der Waals surface area (Å²) >= 11 is 0. The van der Waals surface area contributed by atoms with E-state index < -0.39 is 0 Å². The van der Waals surface area contributed by atoms with Crippen LogP contribution in [-0.4, -0.2) is 47.9 Å². The Balaban J connectivity index is 1.85. The van der Waals surface area contributed by atoms with Gasteiger partial charge in [-0.15, -0.1) is 0 Å². The highest BCUT2D eigenvalue weighted by Crippen LogP contribution is 2.31. The fourth-order valence-corrected chi connectivity index (χ4v) is 3.20. The van der Waals surface area contributed by atoms with Gasteiger partial charge in [0.15, 0.2) is 0 Å². The zero-order chi connectivity index (χ0) is 19.4. The van der Waals surface area contributed by atoms with E-state index in [1.54, 1.807) is 32.4 Å². The number of methoxy groups -OCH3 is 2. The van der Waals surface area contributed by atoms with Gasteiger partial charge in [-0.25, -0.2) is 4.68 Å². The Morgan fingerprint density at radius 2 is 1.89 bits per heavy atom. The molecular formula is C20H25N3O4. The van der Waals surface area contributed by atoms with E-state index in [4.69, 9.17) is 9.47 Å². The van der Waals surface area contributed by atoms with Crippen LogP contribution in [-0.2, 0) is 11.3 Å². The molecule has 0 saturated carbocycles. The summed E-state index contributed by atoms with van der Waals surface area (Å²) < 4.78 is 11.8. The third-order valence-corrected chi connectivity index (χ3v) is 4.97. The summed E-state index contributed by atoms with van der Waals surface area (Å²) in [7, 11) is 3.15. The minimum Gasteiger partial charge on any atom is -0.497 e. The number of amides is 1. The molecule has 1 aliphatic rings. The van der Waals surface area contributed by atoms with Crippen LogP contribution >= 0.6 is 0 Å². The topological polar surface area (TPSA) is 73.7 Å². The lowest BCUT2D eigenvalue weighted by Crippen LogP contribution is -2.41. The van der Waals surface area contributed by atoms with E-state index in [2.05, 4.69) is 12.0 Å². The van der Waals surface area contributed by atoms with Crippen molar-refractivity contribution in [3.05, 3.63) is 40.7 Å². The first-order valence-electron chi connectivity index (χ1n) is 9.10. The summed E-state index contributed by atoms with van der Waals surface area (Å²) in [6, 6.07) is 8.44. The second kappa shape index (κ2) is 8.24. The predicted octanol–water partition coefficient (Wildman–Crippen LogP) is 2.19. The number of carbonyl (C=O) groups is 1. The second-order valence-electron chi connectivity index (χ2n) is 6.84. The lowest BCUT2D eigenvalue weighted by molar-refractivity contribution is -0.133. The zero-order valence-corrected chi connectivity index (χ0v) is 16.0. The van der Waals surface area contributed by atoms with Crippen LogP contribution in [0.15, 0.2) is 35.1 Å². The van der Waals surface area contributed by atoms with Crippen molar-refractivity contribution in [2.75, 3.05) is 27.3 Å². The smallest absolute Gasteiger partial charge is 0.267 e. The van der Waals surface area contributed by atoms with Gasteiger partial charge in [0.1, 0.15) is 18.0 Å². The standard InChI is InChI=1S/C20H25N3O4/c1-14-8-10-22(11-9-14)20(25)13-23-19(24)7-6-17(21-23)16-5-4-15(26-2)12-18(16)27-3/h4-7,12,14H,8-11,13H2,1-3H3. The minimum atomic E-state index is -0.301. The van der Waals surface area contributed by atoms with Crippen molar-refractivity contribution >= 4 is 5.91 Å². The molecule has 144 valence electrons. The molecule has 1 saturated heterocycles. The van der Waals surface area contributed by atoms with E-state index in [1.807, 2.05) is 11.0 Å². The summed E-state index contributed by atoms with van der Waals surface area (Å²) in [5.74, 6) is 1.82. The van der Waals surface area contributed by atoms with Crippen molar-refractivity contribution in [2.45, 2.75) is 26.3 Å². The Morgan fingerprint density at radius 3 is 2.56 bits per heavy atom. The number of hydrogen-bond donors (Lipinski definition) is 0. The number of hydrogen-bond acceptors (Lipinski definition) is 5. The van der Waals surface area contributed by atoms with Crippen LogP contribution in [0.1, 0.15) is 19.8 Å². The van der Waals surface area contributed by atoms with Crippen molar-refractivity contribution in [1.29, 1.82) is 0 Å². The molecule has 1 aromatic heterocycles.